The van der Waals surface area contributed by atoms with Crippen LogP contribution in [0.25, 0.3) is 0 Å². The van der Waals surface area contributed by atoms with Crippen molar-refractivity contribution in [1.82, 2.24) is 0 Å². The Morgan fingerprint density at radius 3 is 2.67 bits per heavy atom. The number of amides is 1. The third kappa shape index (κ3) is 6.23. The number of benzene rings is 1. The molecule has 1 fully saturated rings. The smallest absolute Gasteiger partial charge is 0.344 e. The van der Waals surface area contributed by atoms with Gasteiger partial charge in [0.15, 0.2) is 12.6 Å². The number of carbonyl (C=O) groups is 2. The molecule has 2 heterocycles. The minimum Gasteiger partial charge on any atom is -0.497 e. The molecule has 2 N–H and O–H groups in total. The van der Waals surface area contributed by atoms with E-state index < -0.39 is 42.1 Å². The molecule has 0 saturated carbocycles. The van der Waals surface area contributed by atoms with E-state index >= 15 is 0 Å². The van der Waals surface area contributed by atoms with Gasteiger partial charge < -0.3 is 38.8 Å². The van der Waals surface area contributed by atoms with Crippen molar-refractivity contribution in [2.75, 3.05) is 26.3 Å². The lowest BCUT2D eigenvalue weighted by atomic mass is 10.0. The third-order valence-corrected chi connectivity index (χ3v) is 5.18. The summed E-state index contributed by atoms with van der Waals surface area (Å²) in [7, 11) is 2.90. The van der Waals surface area contributed by atoms with E-state index in [-0.39, 0.29) is 30.2 Å². The van der Waals surface area contributed by atoms with Crippen molar-refractivity contribution in [2.24, 2.45) is 0 Å². The van der Waals surface area contributed by atoms with Gasteiger partial charge in [-0.2, -0.15) is 0 Å². The van der Waals surface area contributed by atoms with Crippen LogP contribution in [0.5, 0.6) is 11.5 Å². The number of carbonyl (C=O) groups excluding carboxylic acids is 2. The van der Waals surface area contributed by atoms with Crippen LogP contribution in [-0.2, 0) is 23.7 Å². The van der Waals surface area contributed by atoms with Crippen molar-refractivity contribution in [3.63, 3.8) is 0 Å². The highest BCUT2D eigenvalue weighted by molar-refractivity contribution is 6.04. The number of aliphatic hydroxyl groups excluding tert-OH is 1. The van der Waals surface area contributed by atoms with Gasteiger partial charge in [0.2, 0.25) is 5.91 Å². The Balaban J connectivity index is 2.02. The number of ether oxygens (including phenoxy) is 6. The molecule has 1 aromatic rings. The Morgan fingerprint density at radius 1 is 1.21 bits per heavy atom. The number of rotatable bonds is 4. The van der Waals surface area contributed by atoms with E-state index in [0.717, 1.165) is 0 Å². The maximum atomic E-state index is 13.1. The molecule has 33 heavy (non-hydrogen) atoms. The fraction of sp³-hybridized carbons (Fsp3) is 0.565. The summed E-state index contributed by atoms with van der Waals surface area (Å²) in [5.74, 6) is -1.60. The van der Waals surface area contributed by atoms with Crippen LogP contribution in [0.4, 0.5) is 5.69 Å². The SMILES string of the molecule is COCOc1cc(OC)cc2c1C(=O)O[C@@H](C)C/C=C\C(O)[C@H]1OC(C)(C)O[C@@H]1CC(=O)N2. The molecule has 10 heteroatoms. The Kier molecular flexibility index (Phi) is 7.96. The van der Waals surface area contributed by atoms with Crippen LogP contribution in [0.1, 0.15) is 44.0 Å². The van der Waals surface area contributed by atoms with E-state index in [9.17, 15) is 14.7 Å². The molecule has 3 rings (SSSR count). The van der Waals surface area contributed by atoms with Gasteiger partial charge in [-0.05, 0) is 20.8 Å². The fourth-order valence-electron chi connectivity index (χ4n) is 3.76. The minimum absolute atomic E-state index is 0.0367. The van der Waals surface area contributed by atoms with Crippen LogP contribution in [0.3, 0.4) is 0 Å². The highest BCUT2D eigenvalue weighted by Gasteiger charge is 2.45. The van der Waals surface area contributed by atoms with Crippen molar-refractivity contribution in [3.8, 4) is 11.5 Å². The highest BCUT2D eigenvalue weighted by Crippen LogP contribution is 2.36. The highest BCUT2D eigenvalue weighted by atomic mass is 16.8. The van der Waals surface area contributed by atoms with Gasteiger partial charge in [0.25, 0.3) is 0 Å². The first-order chi connectivity index (χ1) is 15.6. The molecule has 4 atom stereocenters. The normalized spacial score (nSPS) is 28.5. The molecule has 0 aromatic heterocycles. The summed E-state index contributed by atoms with van der Waals surface area (Å²) in [4.78, 5) is 26.0. The molecule has 1 amide bonds. The molecule has 1 unspecified atom stereocenters. The summed E-state index contributed by atoms with van der Waals surface area (Å²) in [6.07, 6.45) is 0.541. The molecule has 2 aliphatic heterocycles. The number of hydrogen-bond donors (Lipinski definition) is 2. The lowest BCUT2D eigenvalue weighted by molar-refractivity contribution is -0.153. The van der Waals surface area contributed by atoms with Crippen LogP contribution >= 0.6 is 0 Å². The molecular weight excluding hydrogens is 434 g/mol. The fourth-order valence-corrected chi connectivity index (χ4v) is 3.76. The van der Waals surface area contributed by atoms with E-state index in [1.54, 1.807) is 32.9 Å². The summed E-state index contributed by atoms with van der Waals surface area (Å²) in [6, 6.07) is 3.02. The molecule has 0 aliphatic carbocycles. The molecule has 0 bridgehead atoms. The molecule has 10 nitrogen and oxygen atoms in total. The van der Waals surface area contributed by atoms with Crippen LogP contribution in [0.2, 0.25) is 0 Å². The quantitative estimate of drug-likeness (QED) is 0.392. The summed E-state index contributed by atoms with van der Waals surface area (Å²) in [5, 5.41) is 13.3. The van der Waals surface area contributed by atoms with E-state index in [2.05, 4.69) is 5.32 Å². The first kappa shape index (κ1) is 25.0. The number of hydrogen-bond acceptors (Lipinski definition) is 9. The zero-order valence-electron chi connectivity index (χ0n) is 19.5. The zero-order valence-corrected chi connectivity index (χ0v) is 19.5. The number of nitrogens with one attached hydrogen (secondary N) is 1. The number of cyclic esters (lactones) is 1. The maximum Gasteiger partial charge on any atom is 0.344 e. The van der Waals surface area contributed by atoms with Crippen LogP contribution in [0, 0.1) is 0 Å². The van der Waals surface area contributed by atoms with Gasteiger partial charge in [-0.3, -0.25) is 4.79 Å². The lowest BCUT2D eigenvalue weighted by Crippen LogP contribution is -2.36. The number of fused-ring (bicyclic) bond motifs is 2. The predicted molar refractivity (Wildman–Crippen MR) is 117 cm³/mol. The van der Waals surface area contributed by atoms with Gasteiger partial charge in [0, 0.05) is 25.7 Å². The van der Waals surface area contributed by atoms with E-state index in [4.69, 9.17) is 28.4 Å². The third-order valence-electron chi connectivity index (χ3n) is 5.18. The number of esters is 1. The van der Waals surface area contributed by atoms with Gasteiger partial charge in [0.05, 0.1) is 25.3 Å². The van der Waals surface area contributed by atoms with Gasteiger partial charge in [-0.1, -0.05) is 12.2 Å². The van der Waals surface area contributed by atoms with E-state index in [1.165, 1.54) is 26.4 Å². The predicted octanol–water partition coefficient (Wildman–Crippen LogP) is 2.39. The summed E-state index contributed by atoms with van der Waals surface area (Å²) in [5.41, 5.74) is 0.195. The average Bonchev–Trinajstić information content (AvgIpc) is 3.04. The Bertz CT molecular complexity index is 898. The Morgan fingerprint density at radius 2 is 1.97 bits per heavy atom. The van der Waals surface area contributed by atoms with Gasteiger partial charge in [0.1, 0.15) is 35.4 Å². The van der Waals surface area contributed by atoms with Crippen molar-refractivity contribution in [2.45, 2.75) is 63.8 Å². The standard InChI is InChI=1S/C23H31NO9/c1-13-7-6-8-16(25)21-18(32-23(2,3)33-21)11-19(26)24-15-9-14(29-5)10-17(30-12-28-4)20(15)22(27)31-13/h6,8-10,13,16,18,21,25H,7,11-12H2,1-5H3,(H,24,26)/b8-6-/t13-,16?,18+,21+/m0/s1. The van der Waals surface area contributed by atoms with E-state index in [0.29, 0.717) is 12.2 Å². The first-order valence-corrected chi connectivity index (χ1v) is 10.7. The molecule has 182 valence electrons. The molecule has 2 aliphatic rings. The molecular formula is C23H31NO9. The monoisotopic (exact) mass is 465 g/mol. The first-order valence-electron chi connectivity index (χ1n) is 10.7. The molecule has 1 aromatic carbocycles. The van der Waals surface area contributed by atoms with Gasteiger partial charge in [-0.15, -0.1) is 0 Å². The minimum atomic E-state index is -1.00. The second-order valence-electron chi connectivity index (χ2n) is 8.36. The van der Waals surface area contributed by atoms with Crippen molar-refractivity contribution in [3.05, 3.63) is 29.8 Å². The number of anilines is 1. The topological polar surface area (TPSA) is 122 Å². The van der Waals surface area contributed by atoms with E-state index in [1.807, 2.05) is 0 Å². The second kappa shape index (κ2) is 10.5. The Labute approximate surface area is 192 Å². The summed E-state index contributed by atoms with van der Waals surface area (Å²) in [6.45, 7) is 5.04. The second-order valence-corrected chi connectivity index (χ2v) is 8.36. The van der Waals surface area contributed by atoms with Gasteiger partial charge >= 0.3 is 5.97 Å². The number of methoxy groups -OCH3 is 2. The molecule has 1 saturated heterocycles. The zero-order chi connectivity index (χ0) is 24.2. The van der Waals surface area contributed by atoms with Crippen molar-refractivity contribution >= 4 is 17.6 Å². The van der Waals surface area contributed by atoms with Crippen LogP contribution < -0.4 is 14.8 Å². The van der Waals surface area contributed by atoms with Gasteiger partial charge in [-0.25, -0.2) is 4.79 Å². The average molecular weight is 465 g/mol. The molecule has 0 spiro atoms. The Hall–Kier alpha value is -2.66. The summed E-state index contributed by atoms with van der Waals surface area (Å²) < 4.78 is 33.1. The largest absolute Gasteiger partial charge is 0.497 e. The van der Waals surface area contributed by atoms with Crippen LogP contribution in [0.15, 0.2) is 24.3 Å². The molecule has 0 radical (unpaired) electrons. The maximum absolute atomic E-state index is 13.1. The summed E-state index contributed by atoms with van der Waals surface area (Å²) >= 11 is 0. The lowest BCUT2D eigenvalue weighted by Gasteiger charge is -2.22. The van der Waals surface area contributed by atoms with Crippen molar-refractivity contribution < 1.29 is 43.1 Å². The van der Waals surface area contributed by atoms with Crippen LogP contribution in [-0.4, -0.2) is 68.2 Å². The van der Waals surface area contributed by atoms with Crippen molar-refractivity contribution in [1.29, 1.82) is 0 Å². The number of aliphatic hydroxyl groups is 1.